The Morgan fingerprint density at radius 1 is 1.14 bits per heavy atom. The molecule has 0 radical (unpaired) electrons. The van der Waals surface area contributed by atoms with Gasteiger partial charge in [-0.15, -0.1) is 10.2 Å². The fourth-order valence-corrected chi connectivity index (χ4v) is 2.93. The minimum Gasteiger partial charge on any atom is -0.497 e. The fraction of sp³-hybridized carbons (Fsp3) is 0.500. The van der Waals surface area contributed by atoms with Crippen LogP contribution in [0.15, 0.2) is 24.3 Å². The number of hydrogen-bond donors (Lipinski definition) is 1. The van der Waals surface area contributed by atoms with Crippen molar-refractivity contribution in [1.82, 2.24) is 20.1 Å². The van der Waals surface area contributed by atoms with Crippen LogP contribution in [0.2, 0.25) is 0 Å². The van der Waals surface area contributed by atoms with Crippen LogP contribution in [0.3, 0.4) is 0 Å². The van der Waals surface area contributed by atoms with E-state index in [1.807, 2.05) is 12.1 Å². The van der Waals surface area contributed by atoms with Gasteiger partial charge in [0.25, 0.3) is 0 Å². The van der Waals surface area contributed by atoms with Crippen molar-refractivity contribution in [3.05, 3.63) is 41.5 Å². The molecule has 1 aromatic carbocycles. The van der Waals surface area contributed by atoms with E-state index in [-0.39, 0.29) is 12.1 Å². The lowest BCUT2D eigenvalue weighted by Crippen LogP contribution is -2.25. The molecule has 2 aromatic rings. The molecular weight excluding hydrogens is 264 g/mol. The average molecular weight is 286 g/mol. The molecule has 1 N–H and O–H groups in total. The molecule has 2 heterocycles. The quantitative estimate of drug-likeness (QED) is 0.918. The molecule has 2 unspecified atom stereocenters. The Labute approximate surface area is 125 Å². The topological polar surface area (TPSA) is 52.0 Å². The first-order valence-corrected chi connectivity index (χ1v) is 7.51. The number of benzene rings is 1. The summed E-state index contributed by atoms with van der Waals surface area (Å²) in [5, 5.41) is 12.2. The number of nitrogens with zero attached hydrogens (tertiary/aromatic N) is 3. The Kier molecular flexibility index (Phi) is 3.92. The van der Waals surface area contributed by atoms with Crippen molar-refractivity contribution in [2.75, 3.05) is 7.11 Å². The summed E-state index contributed by atoms with van der Waals surface area (Å²) < 4.78 is 7.45. The van der Waals surface area contributed by atoms with Crippen molar-refractivity contribution in [3.8, 4) is 5.75 Å². The summed E-state index contributed by atoms with van der Waals surface area (Å²) in [4.78, 5) is 0. The van der Waals surface area contributed by atoms with E-state index in [9.17, 15) is 0 Å². The Hall–Kier alpha value is -1.88. The van der Waals surface area contributed by atoms with Gasteiger partial charge in [0, 0.05) is 19.0 Å². The highest BCUT2D eigenvalue weighted by Gasteiger charge is 2.22. The van der Waals surface area contributed by atoms with Crippen LogP contribution in [0, 0.1) is 0 Å². The molecule has 0 aliphatic carbocycles. The highest BCUT2D eigenvalue weighted by molar-refractivity contribution is 5.29. The number of fused-ring (bicyclic) bond motifs is 1. The second-order valence-corrected chi connectivity index (χ2v) is 5.61. The first-order chi connectivity index (χ1) is 10.2. The molecule has 112 valence electrons. The lowest BCUT2D eigenvalue weighted by Gasteiger charge is -2.20. The largest absolute Gasteiger partial charge is 0.497 e. The first kappa shape index (κ1) is 14.1. The van der Waals surface area contributed by atoms with Gasteiger partial charge in [-0.25, -0.2) is 0 Å². The van der Waals surface area contributed by atoms with E-state index < -0.39 is 0 Å². The van der Waals surface area contributed by atoms with Crippen molar-refractivity contribution in [3.63, 3.8) is 0 Å². The molecule has 1 aromatic heterocycles. The third-order valence-electron chi connectivity index (χ3n) is 4.14. The zero-order valence-corrected chi connectivity index (χ0v) is 12.8. The van der Waals surface area contributed by atoms with Crippen LogP contribution in [0.25, 0.3) is 0 Å². The van der Waals surface area contributed by atoms with E-state index in [4.69, 9.17) is 4.74 Å². The molecule has 1 aliphatic rings. The lowest BCUT2D eigenvalue weighted by atomic mass is 10.1. The predicted octanol–water partition coefficient (Wildman–Crippen LogP) is 2.64. The maximum Gasteiger partial charge on any atom is 0.149 e. The standard InChI is InChI=1S/C16H22N4O/c1-11(13-6-8-14(21-3)9-7-13)17-12(2)16-19-18-15-5-4-10-20(15)16/h6-9,11-12,17H,4-5,10H2,1-3H3. The van der Waals surface area contributed by atoms with Gasteiger partial charge in [-0.2, -0.15) is 0 Å². The summed E-state index contributed by atoms with van der Waals surface area (Å²) in [6.45, 7) is 5.36. The van der Waals surface area contributed by atoms with Gasteiger partial charge in [-0.1, -0.05) is 12.1 Å². The Morgan fingerprint density at radius 2 is 1.90 bits per heavy atom. The van der Waals surface area contributed by atoms with Crippen molar-refractivity contribution in [1.29, 1.82) is 0 Å². The van der Waals surface area contributed by atoms with Gasteiger partial charge in [0.2, 0.25) is 0 Å². The number of methoxy groups -OCH3 is 1. The first-order valence-electron chi connectivity index (χ1n) is 7.51. The molecule has 0 fully saturated rings. The summed E-state index contributed by atoms with van der Waals surface area (Å²) >= 11 is 0. The van der Waals surface area contributed by atoms with Crippen LogP contribution in [-0.4, -0.2) is 21.9 Å². The van der Waals surface area contributed by atoms with Gasteiger partial charge < -0.3 is 14.6 Å². The van der Waals surface area contributed by atoms with E-state index in [0.717, 1.165) is 30.4 Å². The minimum absolute atomic E-state index is 0.182. The number of hydrogen-bond acceptors (Lipinski definition) is 4. The van der Waals surface area contributed by atoms with Crippen LogP contribution in [0.5, 0.6) is 5.75 Å². The van der Waals surface area contributed by atoms with Crippen molar-refractivity contribution in [2.24, 2.45) is 0 Å². The Morgan fingerprint density at radius 3 is 2.62 bits per heavy atom. The normalized spacial score (nSPS) is 16.5. The average Bonchev–Trinajstić information content (AvgIpc) is 3.09. The van der Waals surface area contributed by atoms with E-state index in [1.54, 1.807) is 7.11 Å². The molecule has 3 rings (SSSR count). The molecule has 5 nitrogen and oxygen atoms in total. The summed E-state index contributed by atoms with van der Waals surface area (Å²) in [6, 6.07) is 8.61. The number of nitrogens with one attached hydrogen (secondary N) is 1. The smallest absolute Gasteiger partial charge is 0.149 e. The van der Waals surface area contributed by atoms with Crippen LogP contribution < -0.4 is 10.1 Å². The van der Waals surface area contributed by atoms with Crippen molar-refractivity contribution < 1.29 is 4.74 Å². The summed E-state index contributed by atoms with van der Waals surface area (Å²) in [5.74, 6) is 3.05. The van der Waals surface area contributed by atoms with Crippen LogP contribution >= 0.6 is 0 Å². The summed E-state index contributed by atoms with van der Waals surface area (Å²) in [6.07, 6.45) is 2.23. The Balaban J connectivity index is 1.69. The van der Waals surface area contributed by atoms with Gasteiger partial charge in [-0.05, 0) is 38.0 Å². The van der Waals surface area contributed by atoms with E-state index in [1.165, 1.54) is 12.0 Å². The van der Waals surface area contributed by atoms with Gasteiger partial charge in [0.1, 0.15) is 17.4 Å². The fourth-order valence-electron chi connectivity index (χ4n) is 2.93. The van der Waals surface area contributed by atoms with Crippen LogP contribution in [-0.2, 0) is 13.0 Å². The highest BCUT2D eigenvalue weighted by atomic mass is 16.5. The lowest BCUT2D eigenvalue weighted by molar-refractivity contribution is 0.414. The molecule has 2 atom stereocenters. The number of aromatic nitrogens is 3. The third kappa shape index (κ3) is 2.78. The summed E-state index contributed by atoms with van der Waals surface area (Å²) in [7, 11) is 1.69. The van der Waals surface area contributed by atoms with Crippen LogP contribution in [0.1, 0.15) is 49.6 Å². The van der Waals surface area contributed by atoms with E-state index >= 15 is 0 Å². The molecule has 0 amide bonds. The predicted molar refractivity (Wildman–Crippen MR) is 81.3 cm³/mol. The third-order valence-corrected chi connectivity index (χ3v) is 4.14. The second-order valence-electron chi connectivity index (χ2n) is 5.61. The second kappa shape index (κ2) is 5.85. The van der Waals surface area contributed by atoms with Gasteiger partial charge >= 0.3 is 0 Å². The number of aryl methyl sites for hydroxylation is 1. The van der Waals surface area contributed by atoms with Crippen molar-refractivity contribution in [2.45, 2.75) is 45.3 Å². The monoisotopic (exact) mass is 286 g/mol. The van der Waals surface area contributed by atoms with Crippen molar-refractivity contribution >= 4 is 0 Å². The van der Waals surface area contributed by atoms with E-state index in [0.29, 0.717) is 0 Å². The maximum absolute atomic E-state index is 5.20. The molecule has 21 heavy (non-hydrogen) atoms. The molecule has 0 saturated carbocycles. The molecule has 0 saturated heterocycles. The zero-order chi connectivity index (χ0) is 14.8. The molecule has 1 aliphatic heterocycles. The molecule has 0 bridgehead atoms. The van der Waals surface area contributed by atoms with Gasteiger partial charge in [0.05, 0.1) is 13.2 Å². The zero-order valence-electron chi connectivity index (χ0n) is 12.8. The van der Waals surface area contributed by atoms with E-state index in [2.05, 4.69) is 46.1 Å². The maximum atomic E-state index is 5.20. The molecular formula is C16H22N4O. The van der Waals surface area contributed by atoms with Gasteiger partial charge in [0.15, 0.2) is 0 Å². The highest BCUT2D eigenvalue weighted by Crippen LogP contribution is 2.23. The molecule has 0 spiro atoms. The SMILES string of the molecule is COc1ccc(C(C)NC(C)c2nnc3n2CCC3)cc1. The number of rotatable bonds is 5. The minimum atomic E-state index is 0.182. The molecule has 5 heteroatoms. The summed E-state index contributed by atoms with van der Waals surface area (Å²) in [5.41, 5.74) is 1.24. The number of ether oxygens (including phenoxy) is 1. The van der Waals surface area contributed by atoms with Crippen LogP contribution in [0.4, 0.5) is 0 Å². The van der Waals surface area contributed by atoms with Gasteiger partial charge in [-0.3, -0.25) is 0 Å². The Bertz CT molecular complexity index is 605.